The average Bonchev–Trinajstić information content (AvgIpc) is 2.90. The molecule has 1 nitrogen and oxygen atoms in total. The summed E-state index contributed by atoms with van der Waals surface area (Å²) in [5.74, 6) is 0. The topological polar surface area (TPSA) is 3.88 Å². The summed E-state index contributed by atoms with van der Waals surface area (Å²) >= 11 is 0. The Labute approximate surface area is 224 Å². The molecule has 0 unspecified atom stereocenters. The lowest BCUT2D eigenvalue weighted by molar-refractivity contribution is -0.660. The van der Waals surface area contributed by atoms with E-state index in [2.05, 4.69) is 0 Å². The van der Waals surface area contributed by atoms with Gasteiger partial charge in [0.2, 0.25) is 5.69 Å². The Kier molecular flexibility index (Phi) is 3.39. The van der Waals surface area contributed by atoms with Gasteiger partial charge in [-0.3, -0.25) is 0 Å². The second kappa shape index (κ2) is 9.22. The van der Waals surface area contributed by atoms with Gasteiger partial charge in [-0.2, -0.15) is 0 Å². The maximum Gasteiger partial charge on any atom is 0.213 e. The largest absolute Gasteiger partial charge is 0.213 e. The van der Waals surface area contributed by atoms with Gasteiger partial charge in [0.05, 0.1) is 2.74 Å². The van der Waals surface area contributed by atoms with Crippen molar-refractivity contribution in [3.63, 3.8) is 0 Å². The van der Waals surface area contributed by atoms with E-state index < -0.39 is 43.5 Å². The molecule has 3 aromatic carbocycles. The van der Waals surface area contributed by atoms with Crippen LogP contribution in [0.2, 0.25) is 0 Å². The minimum atomic E-state index is -2.94. The third-order valence-electron chi connectivity index (χ3n) is 5.65. The van der Waals surface area contributed by atoms with Crippen LogP contribution in [0.25, 0.3) is 33.5 Å². The molecule has 0 spiro atoms. The van der Waals surface area contributed by atoms with Crippen molar-refractivity contribution >= 4 is 0 Å². The normalized spacial score (nSPS) is 18.8. The van der Waals surface area contributed by atoms with Crippen LogP contribution in [0.15, 0.2) is 72.9 Å². The first kappa shape index (κ1) is 12.5. The minimum Gasteiger partial charge on any atom is -0.201 e. The number of nitrogens with zero attached hydrogens (tertiary/aromatic N) is 1. The molecule has 174 valence electrons. The Morgan fingerprint density at radius 2 is 1.47 bits per heavy atom. The molecule has 0 saturated heterocycles. The van der Waals surface area contributed by atoms with E-state index in [1.54, 1.807) is 32.4 Å². The number of pyridine rings is 1. The molecule has 1 heteroatoms. The first-order chi connectivity index (χ1) is 21.3. The van der Waals surface area contributed by atoms with E-state index >= 15 is 0 Å². The molecule has 1 heterocycles. The van der Waals surface area contributed by atoms with Crippen molar-refractivity contribution in [1.29, 1.82) is 0 Å². The summed E-state index contributed by atoms with van der Waals surface area (Å²) in [5, 5.41) is 0. The van der Waals surface area contributed by atoms with E-state index in [-0.39, 0.29) is 45.5 Å². The van der Waals surface area contributed by atoms with Crippen molar-refractivity contribution < 1.29 is 22.4 Å². The quantitative estimate of drug-likeness (QED) is 0.269. The van der Waals surface area contributed by atoms with Crippen molar-refractivity contribution in [2.75, 3.05) is 0 Å². The Bertz CT molecular complexity index is 1780. The van der Waals surface area contributed by atoms with Crippen molar-refractivity contribution in [2.45, 2.75) is 54.6 Å². The van der Waals surface area contributed by atoms with Gasteiger partial charge in [-0.15, -0.1) is 0 Å². The summed E-state index contributed by atoms with van der Waals surface area (Å²) < 4.78 is 112. The fraction of sp³-hybridized carbons (Fsp3) is 0.303. The van der Waals surface area contributed by atoms with E-state index in [1.165, 1.54) is 36.5 Å². The van der Waals surface area contributed by atoms with Crippen LogP contribution in [0.5, 0.6) is 0 Å². The Balaban J connectivity index is 2.17. The van der Waals surface area contributed by atoms with Gasteiger partial charge in [-0.05, 0) is 89.8 Å². The van der Waals surface area contributed by atoms with Crippen molar-refractivity contribution in [2.24, 2.45) is 12.5 Å². The lowest BCUT2D eigenvalue weighted by Gasteiger charge is -2.18. The van der Waals surface area contributed by atoms with E-state index in [0.717, 1.165) is 11.1 Å². The van der Waals surface area contributed by atoms with Gasteiger partial charge in [0.1, 0.15) is 7.05 Å². The van der Waals surface area contributed by atoms with Gasteiger partial charge in [0.15, 0.2) is 6.20 Å². The Hall–Kier alpha value is -3.19. The molecule has 0 amide bonds. The smallest absolute Gasteiger partial charge is 0.201 e. The van der Waals surface area contributed by atoms with Crippen molar-refractivity contribution in [3.05, 3.63) is 101 Å². The van der Waals surface area contributed by atoms with E-state index in [9.17, 15) is 0 Å². The average molecular weight is 462 g/mol. The third kappa shape index (κ3) is 4.99. The lowest BCUT2D eigenvalue weighted by Crippen LogP contribution is -2.31. The zero-order chi connectivity index (χ0) is 35.7. The number of hydrogen-bond acceptors (Lipinski definition) is 0. The summed E-state index contributed by atoms with van der Waals surface area (Å²) in [4.78, 5) is 0. The predicted molar refractivity (Wildman–Crippen MR) is 146 cm³/mol. The summed E-state index contributed by atoms with van der Waals surface area (Å²) in [5.41, 5.74) is -0.203. The molecule has 0 saturated carbocycles. The SMILES string of the molecule is [2H]c1cc(C([2H])([2H])C(C)(C)C)cc([2H])c1-c1cc(C([2H])([2H])[2H])c(-c2cc(-c3ccccc3C)[n+](C)cc2C([2H])([2H])[2H])c(C([2H])([2H])[2H])c1. The van der Waals surface area contributed by atoms with Gasteiger partial charge < -0.3 is 0 Å². The number of aromatic nitrogens is 1. The van der Waals surface area contributed by atoms with Crippen LogP contribution in [0.4, 0.5) is 0 Å². The van der Waals surface area contributed by atoms with Crippen LogP contribution in [-0.4, -0.2) is 0 Å². The lowest BCUT2D eigenvalue weighted by atomic mass is 9.87. The molecule has 1 aromatic heterocycles. The number of rotatable bonds is 4. The Morgan fingerprint density at radius 3 is 2.06 bits per heavy atom. The van der Waals surface area contributed by atoms with E-state index in [4.69, 9.17) is 17.8 Å². The maximum absolute atomic E-state index is 8.78. The molecule has 4 aromatic rings. The summed E-state index contributed by atoms with van der Waals surface area (Å²) in [6.07, 6.45) is -0.547. The number of benzene rings is 3. The molecule has 0 atom stereocenters. The van der Waals surface area contributed by atoms with Crippen LogP contribution in [-0.2, 0) is 13.4 Å². The summed E-state index contributed by atoms with van der Waals surface area (Å²) in [6.45, 7) is -1.67. The second-order valence-electron chi connectivity index (χ2n) is 9.64. The zero-order valence-corrected chi connectivity index (χ0v) is 20.2. The van der Waals surface area contributed by atoms with Gasteiger partial charge in [-0.1, -0.05) is 75.3 Å². The molecule has 0 N–H and O–H groups in total. The van der Waals surface area contributed by atoms with Gasteiger partial charge in [-0.25, -0.2) is 4.57 Å². The molecule has 0 aliphatic carbocycles. The third-order valence-corrected chi connectivity index (χ3v) is 5.65. The van der Waals surface area contributed by atoms with Gasteiger partial charge in [0.25, 0.3) is 0 Å². The molecule has 0 aliphatic rings. The fourth-order valence-electron chi connectivity index (χ4n) is 4.12. The van der Waals surface area contributed by atoms with Crippen LogP contribution in [0.1, 0.15) is 66.4 Å². The molecule has 0 bridgehead atoms. The monoisotopic (exact) mass is 461 g/mol. The maximum atomic E-state index is 8.78. The standard InChI is InChI=1S/C33H38N/c1-22-11-9-10-12-29(22)31-19-30(25(4)21-34(31)8)32-23(2)17-28(18-24(32)3)27-15-13-26(14-16-27)20-33(5,6)7/h9-19,21H,20H2,1-8H3/q+1/i2D3,3D3,4D3,15D,16D,20D2. The Morgan fingerprint density at radius 1 is 0.824 bits per heavy atom. The highest BCUT2D eigenvalue weighted by Gasteiger charge is 2.19. The first-order valence-electron chi connectivity index (χ1n) is 17.7. The van der Waals surface area contributed by atoms with E-state index in [1.807, 2.05) is 31.2 Å². The number of aryl methyl sites for hydroxylation is 5. The first-order valence-corrected chi connectivity index (χ1v) is 11.2. The highest BCUT2D eigenvalue weighted by molar-refractivity contribution is 5.80. The van der Waals surface area contributed by atoms with Gasteiger partial charge >= 0.3 is 0 Å². The molecule has 0 radical (unpaired) electrons. The molecule has 0 aliphatic heterocycles. The fourth-order valence-corrected chi connectivity index (χ4v) is 4.12. The highest BCUT2D eigenvalue weighted by atomic mass is 14.9. The van der Waals surface area contributed by atoms with Crippen LogP contribution in [0.3, 0.4) is 0 Å². The molecule has 0 fully saturated rings. The van der Waals surface area contributed by atoms with Crippen molar-refractivity contribution in [3.8, 4) is 33.5 Å². The predicted octanol–water partition coefficient (Wildman–Crippen LogP) is 8.33. The minimum absolute atomic E-state index is 0.0279. The van der Waals surface area contributed by atoms with Gasteiger partial charge in [0, 0.05) is 32.3 Å². The second-order valence-corrected chi connectivity index (χ2v) is 9.64. The highest BCUT2D eigenvalue weighted by Crippen LogP contribution is 2.35. The van der Waals surface area contributed by atoms with Crippen LogP contribution >= 0.6 is 0 Å². The molecular formula is C33H38N+. The van der Waals surface area contributed by atoms with E-state index in [0.29, 0.717) is 5.69 Å². The van der Waals surface area contributed by atoms with Crippen LogP contribution in [0, 0.1) is 32.9 Å². The van der Waals surface area contributed by atoms with Crippen LogP contribution < -0.4 is 4.57 Å². The summed E-state index contributed by atoms with van der Waals surface area (Å²) in [7, 11) is 1.66. The molecule has 4 rings (SSSR count). The molecular weight excluding hydrogens is 410 g/mol. The molecule has 34 heavy (non-hydrogen) atoms. The van der Waals surface area contributed by atoms with Crippen molar-refractivity contribution in [1.82, 2.24) is 0 Å². The number of hydrogen-bond donors (Lipinski definition) is 0. The zero-order valence-electron chi connectivity index (χ0n) is 33.2. The summed E-state index contributed by atoms with van der Waals surface area (Å²) in [6, 6.07) is 13.3.